The Bertz CT molecular complexity index is 993. The van der Waals surface area contributed by atoms with E-state index in [1.165, 1.54) is 18.2 Å². The molecule has 6 N–H and O–H groups in total. The summed E-state index contributed by atoms with van der Waals surface area (Å²) in [5, 5.41) is 24.8. The van der Waals surface area contributed by atoms with E-state index in [1.54, 1.807) is 0 Å². The molecule has 0 aliphatic heterocycles. The van der Waals surface area contributed by atoms with E-state index in [1.807, 2.05) is 5.48 Å². The number of hydrogen-bond donors (Lipinski definition) is 5. The fourth-order valence-electron chi connectivity index (χ4n) is 2.55. The van der Waals surface area contributed by atoms with Gasteiger partial charge in [0, 0.05) is 12.1 Å². The van der Waals surface area contributed by atoms with Gasteiger partial charge in [0.1, 0.15) is 5.82 Å². The standard InChI is InChI=1S/C14H17BrFN7O4S/c15-9-7-8(1-2-10(9)16)19-13(20-24)11-12(22-27-21-11)18-6-5-14(3-4-14)23-28(17,25)26/h1-2,7,23-24H,3-6H2,(H,18,22)(H,19,20)(H2,17,25,26). The first kappa shape index (κ1) is 20.6. The van der Waals surface area contributed by atoms with E-state index in [9.17, 15) is 18.0 Å². The zero-order valence-corrected chi connectivity index (χ0v) is 16.7. The normalized spacial score (nSPS) is 16.1. The van der Waals surface area contributed by atoms with Crippen LogP contribution in [-0.2, 0) is 10.2 Å². The van der Waals surface area contributed by atoms with Gasteiger partial charge in [0.2, 0.25) is 5.82 Å². The number of hydroxylamine groups is 1. The molecule has 28 heavy (non-hydrogen) atoms. The zero-order valence-electron chi connectivity index (χ0n) is 14.3. The van der Waals surface area contributed by atoms with Crippen molar-refractivity contribution in [1.29, 1.82) is 0 Å². The lowest BCUT2D eigenvalue weighted by molar-refractivity contribution is 0.234. The number of amidine groups is 1. The maximum Gasteiger partial charge on any atom is 0.274 e. The Morgan fingerprint density at radius 3 is 2.79 bits per heavy atom. The second-order valence-electron chi connectivity index (χ2n) is 6.24. The highest BCUT2D eigenvalue weighted by Crippen LogP contribution is 2.39. The summed E-state index contributed by atoms with van der Waals surface area (Å²) in [7, 11) is -3.79. The molecule has 0 unspecified atom stereocenters. The molecule has 0 radical (unpaired) electrons. The van der Waals surface area contributed by atoms with E-state index in [0.29, 0.717) is 31.5 Å². The number of anilines is 1. The maximum absolute atomic E-state index is 13.3. The summed E-state index contributed by atoms with van der Waals surface area (Å²) in [5.74, 6) is -0.344. The minimum absolute atomic E-state index is 0.0777. The third-order valence-electron chi connectivity index (χ3n) is 4.07. The number of aromatic nitrogens is 2. The molecular formula is C14H17BrFN7O4S. The van der Waals surface area contributed by atoms with Crippen molar-refractivity contribution < 1.29 is 22.6 Å². The summed E-state index contributed by atoms with van der Waals surface area (Å²) < 4.78 is 43.1. The van der Waals surface area contributed by atoms with Crippen LogP contribution in [0.2, 0.25) is 0 Å². The van der Waals surface area contributed by atoms with Gasteiger partial charge in [-0.2, -0.15) is 13.1 Å². The van der Waals surface area contributed by atoms with Crippen LogP contribution in [0.1, 0.15) is 25.0 Å². The molecule has 1 aliphatic carbocycles. The monoisotopic (exact) mass is 477 g/mol. The van der Waals surface area contributed by atoms with Gasteiger partial charge >= 0.3 is 0 Å². The van der Waals surface area contributed by atoms with Gasteiger partial charge in [-0.25, -0.2) is 19.2 Å². The van der Waals surface area contributed by atoms with Crippen LogP contribution in [0.4, 0.5) is 15.9 Å². The highest BCUT2D eigenvalue weighted by Gasteiger charge is 2.44. The molecule has 152 valence electrons. The van der Waals surface area contributed by atoms with Gasteiger partial charge in [-0.15, -0.1) is 0 Å². The SMILES string of the molecule is NS(=O)(=O)NC1(CCNc2nonc2C(=Nc2ccc(F)c(Br)c2)NO)CC1. The molecule has 1 aromatic heterocycles. The smallest absolute Gasteiger partial charge is 0.274 e. The van der Waals surface area contributed by atoms with E-state index >= 15 is 0 Å². The average molecular weight is 478 g/mol. The summed E-state index contributed by atoms with van der Waals surface area (Å²) in [6.07, 6.45) is 1.82. The molecular weight excluding hydrogens is 461 g/mol. The van der Waals surface area contributed by atoms with Crippen molar-refractivity contribution in [2.45, 2.75) is 24.8 Å². The van der Waals surface area contributed by atoms with Gasteiger partial charge in [-0.1, -0.05) is 0 Å². The van der Waals surface area contributed by atoms with Gasteiger partial charge in [0.25, 0.3) is 10.2 Å². The lowest BCUT2D eigenvalue weighted by atomic mass is 10.2. The van der Waals surface area contributed by atoms with Gasteiger partial charge in [-0.05, 0) is 63.7 Å². The fourth-order valence-corrected chi connectivity index (χ4v) is 3.83. The number of aliphatic imine (C=N–C) groups is 1. The molecule has 11 nitrogen and oxygen atoms in total. The molecule has 1 heterocycles. The summed E-state index contributed by atoms with van der Waals surface area (Å²) in [6.45, 7) is 0.338. The van der Waals surface area contributed by atoms with Crippen LogP contribution in [-0.4, -0.2) is 41.9 Å². The Hall–Kier alpha value is -2.13. The summed E-state index contributed by atoms with van der Waals surface area (Å²) in [6, 6.07) is 4.04. The van der Waals surface area contributed by atoms with Crippen molar-refractivity contribution in [1.82, 2.24) is 20.5 Å². The zero-order chi connectivity index (χ0) is 20.4. The molecule has 14 heteroatoms. The third-order valence-corrected chi connectivity index (χ3v) is 5.40. The topological polar surface area (TPSA) is 168 Å². The van der Waals surface area contributed by atoms with Crippen LogP contribution < -0.4 is 20.7 Å². The first-order chi connectivity index (χ1) is 13.2. The molecule has 0 spiro atoms. The summed E-state index contributed by atoms with van der Waals surface area (Å²) in [4.78, 5) is 4.15. The number of halogens is 2. The van der Waals surface area contributed by atoms with Crippen LogP contribution in [0.15, 0.2) is 32.3 Å². The Balaban J connectivity index is 1.70. The average Bonchev–Trinajstić information content (AvgIpc) is 3.19. The third kappa shape index (κ3) is 5.23. The fraction of sp³-hybridized carbons (Fsp3) is 0.357. The molecule has 1 aliphatic rings. The molecule has 0 atom stereocenters. The van der Waals surface area contributed by atoms with Gasteiger partial charge in [-0.3, -0.25) is 10.7 Å². The van der Waals surface area contributed by atoms with Crippen molar-refractivity contribution in [2.24, 2.45) is 10.1 Å². The number of benzene rings is 1. The largest absolute Gasteiger partial charge is 0.365 e. The van der Waals surface area contributed by atoms with Crippen LogP contribution in [0.3, 0.4) is 0 Å². The molecule has 0 amide bonds. The molecule has 2 aromatic rings. The second-order valence-corrected chi connectivity index (χ2v) is 8.38. The first-order valence-corrected chi connectivity index (χ1v) is 10.4. The molecule has 1 aromatic carbocycles. The van der Waals surface area contributed by atoms with Gasteiger partial charge in [0.15, 0.2) is 11.5 Å². The van der Waals surface area contributed by atoms with E-state index in [-0.39, 0.29) is 21.8 Å². The maximum atomic E-state index is 13.3. The lowest BCUT2D eigenvalue weighted by Crippen LogP contribution is -2.42. The van der Waals surface area contributed by atoms with Crippen molar-refractivity contribution >= 4 is 43.5 Å². The minimum Gasteiger partial charge on any atom is -0.365 e. The Labute approximate surface area is 167 Å². The van der Waals surface area contributed by atoms with Gasteiger partial charge in [0.05, 0.1) is 10.2 Å². The molecule has 0 saturated heterocycles. The van der Waals surface area contributed by atoms with Crippen LogP contribution in [0.5, 0.6) is 0 Å². The Morgan fingerprint density at radius 1 is 1.43 bits per heavy atom. The number of hydrogen-bond acceptors (Lipinski definition) is 8. The van der Waals surface area contributed by atoms with Crippen LogP contribution >= 0.6 is 15.9 Å². The number of rotatable bonds is 8. The summed E-state index contributed by atoms with van der Waals surface area (Å²) in [5.41, 5.74) is 1.77. The number of nitrogens with one attached hydrogen (secondary N) is 3. The lowest BCUT2D eigenvalue weighted by Gasteiger charge is -2.15. The molecule has 0 bridgehead atoms. The molecule has 1 saturated carbocycles. The predicted molar refractivity (Wildman–Crippen MR) is 101 cm³/mol. The van der Waals surface area contributed by atoms with E-state index in [0.717, 1.165) is 0 Å². The second kappa shape index (κ2) is 8.08. The molecule has 3 rings (SSSR count). The highest BCUT2D eigenvalue weighted by molar-refractivity contribution is 9.10. The Morgan fingerprint density at radius 2 is 2.18 bits per heavy atom. The minimum atomic E-state index is -3.79. The number of nitrogens with two attached hydrogens (primary N) is 1. The van der Waals surface area contributed by atoms with Crippen molar-refractivity contribution in [3.8, 4) is 0 Å². The summed E-state index contributed by atoms with van der Waals surface area (Å²) >= 11 is 3.06. The number of nitrogens with zero attached hydrogens (tertiary/aromatic N) is 3. The van der Waals surface area contributed by atoms with Crippen molar-refractivity contribution in [3.05, 3.63) is 34.2 Å². The van der Waals surface area contributed by atoms with Crippen LogP contribution in [0.25, 0.3) is 0 Å². The van der Waals surface area contributed by atoms with Crippen molar-refractivity contribution in [2.75, 3.05) is 11.9 Å². The quantitative estimate of drug-likeness (QED) is 0.214. The van der Waals surface area contributed by atoms with Crippen molar-refractivity contribution in [3.63, 3.8) is 0 Å². The van der Waals surface area contributed by atoms with Gasteiger partial charge < -0.3 is 5.32 Å². The molecule has 1 fully saturated rings. The van der Waals surface area contributed by atoms with E-state index < -0.39 is 21.6 Å². The van der Waals surface area contributed by atoms with Crippen LogP contribution in [0, 0.1) is 5.82 Å². The van der Waals surface area contributed by atoms with E-state index in [4.69, 9.17) is 9.77 Å². The predicted octanol–water partition coefficient (Wildman–Crippen LogP) is 1.16. The van der Waals surface area contributed by atoms with E-state index in [2.05, 4.69) is 41.3 Å². The first-order valence-electron chi connectivity index (χ1n) is 8.04. The Kier molecular flexibility index (Phi) is 5.95. The highest BCUT2D eigenvalue weighted by atomic mass is 79.9.